The van der Waals surface area contributed by atoms with E-state index in [0.717, 1.165) is 19.3 Å². The summed E-state index contributed by atoms with van der Waals surface area (Å²) in [6.45, 7) is 3.04. The molecule has 1 aliphatic carbocycles. The Morgan fingerprint density at radius 2 is 2.06 bits per heavy atom. The number of allylic oxidation sites excluding steroid dienone is 1. The van der Waals surface area contributed by atoms with Gasteiger partial charge in [-0.2, -0.15) is 8.42 Å². The van der Waals surface area contributed by atoms with Crippen LogP contribution in [0.3, 0.4) is 0 Å². The lowest BCUT2D eigenvalue weighted by Crippen LogP contribution is -2.44. The predicted octanol–water partition coefficient (Wildman–Crippen LogP) is 2.79. The Balaban J connectivity index is 1.31. The van der Waals surface area contributed by atoms with Gasteiger partial charge in [-0.1, -0.05) is 23.8 Å². The summed E-state index contributed by atoms with van der Waals surface area (Å²) in [6, 6.07) is 6.72. The normalized spacial score (nSPS) is 22.6. The van der Waals surface area contributed by atoms with Gasteiger partial charge in [-0.15, -0.1) is 4.40 Å². The van der Waals surface area contributed by atoms with Gasteiger partial charge in [0.2, 0.25) is 0 Å². The number of nitrogens with one attached hydrogen (secondary N) is 1. The molecule has 0 radical (unpaired) electrons. The zero-order valence-electron chi connectivity index (χ0n) is 19.0. The number of hydrogen-bond acceptors (Lipinski definition) is 6. The number of amides is 1. The van der Waals surface area contributed by atoms with Crippen molar-refractivity contribution in [3.63, 3.8) is 0 Å². The molecule has 4 rings (SSSR count). The lowest BCUT2D eigenvalue weighted by molar-refractivity contribution is -0.159. The zero-order valence-corrected chi connectivity index (χ0v) is 19.8. The zero-order chi connectivity index (χ0) is 23.4. The topological polar surface area (TPSA) is 105 Å². The maximum atomic E-state index is 12.8. The number of ether oxygens (including phenoxy) is 1. The van der Waals surface area contributed by atoms with E-state index < -0.39 is 28.0 Å². The van der Waals surface area contributed by atoms with E-state index in [1.807, 2.05) is 4.90 Å². The van der Waals surface area contributed by atoms with Gasteiger partial charge in [0.1, 0.15) is 4.90 Å². The first-order valence-electron chi connectivity index (χ1n) is 11.7. The van der Waals surface area contributed by atoms with E-state index in [9.17, 15) is 18.0 Å². The first kappa shape index (κ1) is 23.5. The van der Waals surface area contributed by atoms with Gasteiger partial charge >= 0.3 is 5.97 Å². The van der Waals surface area contributed by atoms with Crippen LogP contribution in [0, 0.1) is 5.92 Å². The van der Waals surface area contributed by atoms with Crippen molar-refractivity contribution in [3.8, 4) is 0 Å². The van der Waals surface area contributed by atoms with Crippen molar-refractivity contribution in [2.24, 2.45) is 10.3 Å². The van der Waals surface area contributed by atoms with Crippen molar-refractivity contribution in [1.82, 2.24) is 10.2 Å². The van der Waals surface area contributed by atoms with Gasteiger partial charge in [0.25, 0.3) is 15.9 Å². The number of nitrogens with zero attached hydrogens (tertiary/aromatic N) is 2. The third kappa shape index (κ3) is 5.46. The lowest BCUT2D eigenvalue weighted by atomic mass is 9.97. The molecule has 1 saturated heterocycles. The summed E-state index contributed by atoms with van der Waals surface area (Å²) in [5.41, 5.74) is 1.94. The molecule has 9 heteroatoms. The number of esters is 1. The van der Waals surface area contributed by atoms with E-state index in [2.05, 4.69) is 15.8 Å². The molecule has 0 saturated carbocycles. The molecule has 2 heterocycles. The number of benzene rings is 1. The summed E-state index contributed by atoms with van der Waals surface area (Å²) < 4.78 is 34.2. The van der Waals surface area contributed by atoms with E-state index >= 15 is 0 Å². The largest absolute Gasteiger partial charge is 0.452 e. The smallest absolute Gasteiger partial charge is 0.311 e. The number of fused-ring (bicyclic) bond motifs is 1. The quantitative estimate of drug-likeness (QED) is 0.503. The van der Waals surface area contributed by atoms with E-state index in [1.54, 1.807) is 31.2 Å². The highest BCUT2D eigenvalue weighted by Gasteiger charge is 2.36. The Hall–Kier alpha value is -2.68. The minimum Gasteiger partial charge on any atom is -0.452 e. The third-order valence-electron chi connectivity index (χ3n) is 6.46. The average Bonchev–Trinajstić information content (AvgIpc) is 3.11. The molecule has 0 unspecified atom stereocenters. The predicted molar refractivity (Wildman–Crippen MR) is 124 cm³/mol. The van der Waals surface area contributed by atoms with E-state index in [0.29, 0.717) is 43.9 Å². The summed E-state index contributed by atoms with van der Waals surface area (Å²) in [6.07, 6.45) is 8.18. The Labute approximate surface area is 195 Å². The molecule has 1 fully saturated rings. The summed E-state index contributed by atoms with van der Waals surface area (Å²) in [5, 5.41) is 2.86. The van der Waals surface area contributed by atoms with Crippen LogP contribution >= 0.6 is 0 Å². The van der Waals surface area contributed by atoms with Gasteiger partial charge in [-0.05, 0) is 64.0 Å². The highest BCUT2D eigenvalue weighted by molar-refractivity contribution is 7.90. The number of carbonyl (C=O) groups excluding carboxylic acids is 2. The van der Waals surface area contributed by atoms with Crippen molar-refractivity contribution in [2.75, 3.05) is 19.6 Å². The highest BCUT2D eigenvalue weighted by Crippen LogP contribution is 2.30. The molecule has 178 valence electrons. The second-order valence-corrected chi connectivity index (χ2v) is 10.5. The Morgan fingerprint density at radius 3 is 2.85 bits per heavy atom. The van der Waals surface area contributed by atoms with Crippen molar-refractivity contribution < 1.29 is 22.7 Å². The Bertz CT molecular complexity index is 1080. The Kier molecular flexibility index (Phi) is 7.17. The van der Waals surface area contributed by atoms with Crippen LogP contribution in [0.5, 0.6) is 0 Å². The number of rotatable bonds is 6. The molecule has 1 aromatic rings. The van der Waals surface area contributed by atoms with Crippen molar-refractivity contribution in [1.29, 1.82) is 0 Å². The number of carbonyl (C=O) groups is 2. The minimum atomic E-state index is -3.72. The first-order valence-corrected chi connectivity index (χ1v) is 13.1. The van der Waals surface area contributed by atoms with Gasteiger partial charge in [-0.3, -0.25) is 9.59 Å². The molecule has 2 aliphatic heterocycles. The second-order valence-electron chi connectivity index (χ2n) is 8.90. The summed E-state index contributed by atoms with van der Waals surface area (Å²) in [5.74, 6) is -0.801. The van der Waals surface area contributed by atoms with Gasteiger partial charge in [0.15, 0.2) is 11.9 Å². The molecule has 0 spiro atoms. The van der Waals surface area contributed by atoms with Crippen LogP contribution in [0.4, 0.5) is 0 Å². The number of amidine groups is 1. The van der Waals surface area contributed by atoms with Crippen LogP contribution < -0.4 is 5.32 Å². The third-order valence-corrected chi connectivity index (χ3v) is 7.78. The Morgan fingerprint density at radius 1 is 1.24 bits per heavy atom. The average molecular weight is 474 g/mol. The van der Waals surface area contributed by atoms with Crippen LogP contribution in [-0.4, -0.2) is 56.8 Å². The highest BCUT2D eigenvalue weighted by atomic mass is 32.2. The van der Waals surface area contributed by atoms with E-state index in [4.69, 9.17) is 4.74 Å². The number of hydrogen-bond donors (Lipinski definition) is 1. The van der Waals surface area contributed by atoms with Gasteiger partial charge in [0.05, 0.1) is 5.92 Å². The molecular weight excluding hydrogens is 442 g/mol. The van der Waals surface area contributed by atoms with Crippen molar-refractivity contribution >= 4 is 27.7 Å². The lowest BCUT2D eigenvalue weighted by Gasteiger charge is -2.33. The fourth-order valence-electron chi connectivity index (χ4n) is 4.62. The van der Waals surface area contributed by atoms with Crippen molar-refractivity contribution in [3.05, 3.63) is 41.5 Å². The summed E-state index contributed by atoms with van der Waals surface area (Å²) >= 11 is 0. The maximum Gasteiger partial charge on any atom is 0.311 e. The SMILES string of the molecule is C[C@@H](OC(=O)[C@H]1CCCN(C2=NS(=O)(=O)c3ccccc32)C1)C(=O)NCCC1=CCCCC1. The molecule has 2 atom stereocenters. The molecule has 1 aromatic carbocycles. The second kappa shape index (κ2) is 10.1. The van der Waals surface area contributed by atoms with Crippen LogP contribution in [0.2, 0.25) is 0 Å². The first-order chi connectivity index (χ1) is 15.8. The van der Waals surface area contributed by atoms with Gasteiger partial charge < -0.3 is 15.0 Å². The van der Waals surface area contributed by atoms with E-state index in [1.165, 1.54) is 18.4 Å². The molecule has 1 amide bonds. The fourth-order valence-corrected chi connectivity index (χ4v) is 5.85. The van der Waals surface area contributed by atoms with Gasteiger partial charge in [-0.25, -0.2) is 0 Å². The number of likely N-dealkylation sites (tertiary alicyclic amines) is 1. The molecule has 3 aliphatic rings. The molecule has 0 aromatic heterocycles. The number of sulfonamides is 1. The van der Waals surface area contributed by atoms with Crippen LogP contribution in [0.1, 0.15) is 57.4 Å². The van der Waals surface area contributed by atoms with Crippen LogP contribution in [-0.2, 0) is 24.3 Å². The summed E-state index contributed by atoms with van der Waals surface area (Å²) in [4.78, 5) is 27.2. The minimum absolute atomic E-state index is 0.194. The van der Waals surface area contributed by atoms with Crippen LogP contribution in [0.25, 0.3) is 0 Å². The van der Waals surface area contributed by atoms with Crippen molar-refractivity contribution in [2.45, 2.75) is 62.9 Å². The fraction of sp³-hybridized carbons (Fsp3) is 0.542. The van der Waals surface area contributed by atoms with Crippen LogP contribution in [0.15, 0.2) is 45.2 Å². The maximum absolute atomic E-state index is 12.8. The molecule has 0 bridgehead atoms. The molecule has 1 N–H and O–H groups in total. The molecule has 8 nitrogen and oxygen atoms in total. The standard InChI is InChI=1S/C24H31N3O5S/c1-17(23(28)25-14-13-18-8-3-2-4-9-18)32-24(29)19-10-7-15-27(16-19)22-20-11-5-6-12-21(20)33(30,31)26-22/h5-6,8,11-12,17,19H,2-4,7,9-10,13-16H2,1H3,(H,25,28)/t17-,19+/m1/s1. The van der Waals surface area contributed by atoms with E-state index in [-0.39, 0.29) is 10.8 Å². The van der Waals surface area contributed by atoms with Gasteiger partial charge in [0, 0.05) is 25.2 Å². The molecule has 33 heavy (non-hydrogen) atoms. The monoisotopic (exact) mass is 473 g/mol. The molecular formula is C24H31N3O5S. The summed E-state index contributed by atoms with van der Waals surface area (Å²) in [7, 11) is -3.72. The number of piperidine rings is 1.